The molecule has 0 aliphatic rings. The Morgan fingerprint density at radius 1 is 0.355 bits per heavy atom. The molecule has 0 spiro atoms. The van der Waals surface area contributed by atoms with Gasteiger partial charge < -0.3 is 14.2 Å². The van der Waals surface area contributed by atoms with Crippen molar-refractivity contribution in [3.63, 3.8) is 0 Å². The van der Waals surface area contributed by atoms with Crippen LogP contribution in [0.2, 0.25) is 0 Å². The molecule has 0 aromatic carbocycles. The lowest BCUT2D eigenvalue weighted by atomic mass is 10.1. The highest BCUT2D eigenvalue weighted by Gasteiger charge is 2.17. The van der Waals surface area contributed by atoms with Gasteiger partial charge >= 0.3 is 11.9 Å². The summed E-state index contributed by atoms with van der Waals surface area (Å²) in [6.45, 7) is 7.77. The second-order valence-electron chi connectivity index (χ2n) is 18.1. The van der Waals surface area contributed by atoms with Crippen LogP contribution in [-0.4, -0.2) is 37.9 Å². The highest BCUT2D eigenvalue weighted by Crippen LogP contribution is 2.15. The number of esters is 2. The van der Waals surface area contributed by atoms with Gasteiger partial charge in [-0.1, -0.05) is 230 Å². The Morgan fingerprint density at radius 2 is 0.677 bits per heavy atom. The lowest BCUT2D eigenvalue weighted by Crippen LogP contribution is -2.30. The van der Waals surface area contributed by atoms with Crippen LogP contribution in [0, 0.1) is 0 Å². The zero-order valence-corrected chi connectivity index (χ0v) is 41.6. The van der Waals surface area contributed by atoms with Gasteiger partial charge in [-0.25, -0.2) is 0 Å². The Morgan fingerprint density at radius 3 is 1.10 bits per heavy atom. The average Bonchev–Trinajstić information content (AvgIpc) is 3.27. The van der Waals surface area contributed by atoms with E-state index in [1.54, 1.807) is 0 Å². The number of rotatable bonds is 50. The topological polar surface area (TPSA) is 61.8 Å². The standard InChI is InChI=1S/C57H104O5/c1-4-7-10-13-16-18-20-22-24-26-28-30-32-34-36-38-40-43-46-49-52-60-53-55(62-57(59)51-48-45-41-15-12-9-6-3)54-61-56(58)50-47-44-42-39-37-35-33-31-29-27-25-23-21-19-17-14-11-8-5-2/h16-19,22-25,55H,4-15,20-21,26-54H2,1-3H3/b18-16-,19-17-,24-22-,25-23-. The number of unbranched alkanes of at least 4 members (excludes halogenated alkanes) is 31. The van der Waals surface area contributed by atoms with Crippen LogP contribution >= 0.6 is 0 Å². The Bertz CT molecular complexity index is 1030. The molecule has 0 saturated heterocycles. The highest BCUT2D eigenvalue weighted by molar-refractivity contribution is 5.70. The van der Waals surface area contributed by atoms with Gasteiger partial charge in [0.25, 0.3) is 0 Å². The third-order valence-corrected chi connectivity index (χ3v) is 11.8. The predicted molar refractivity (Wildman–Crippen MR) is 270 cm³/mol. The van der Waals surface area contributed by atoms with E-state index in [9.17, 15) is 9.59 Å². The maximum absolute atomic E-state index is 12.7. The van der Waals surface area contributed by atoms with E-state index in [0.29, 0.717) is 19.4 Å². The van der Waals surface area contributed by atoms with Crippen LogP contribution < -0.4 is 0 Å². The van der Waals surface area contributed by atoms with E-state index in [4.69, 9.17) is 14.2 Å². The largest absolute Gasteiger partial charge is 0.462 e. The van der Waals surface area contributed by atoms with Crippen molar-refractivity contribution >= 4 is 11.9 Å². The number of carbonyl (C=O) groups is 2. The first-order chi connectivity index (χ1) is 30.6. The second-order valence-corrected chi connectivity index (χ2v) is 18.1. The maximum atomic E-state index is 12.7. The lowest BCUT2D eigenvalue weighted by molar-refractivity contribution is -0.163. The van der Waals surface area contributed by atoms with Gasteiger partial charge in [0.15, 0.2) is 6.10 Å². The van der Waals surface area contributed by atoms with Gasteiger partial charge in [0.05, 0.1) is 6.61 Å². The fourth-order valence-corrected chi connectivity index (χ4v) is 7.75. The van der Waals surface area contributed by atoms with E-state index >= 15 is 0 Å². The molecule has 0 aliphatic heterocycles. The molecule has 1 atom stereocenters. The van der Waals surface area contributed by atoms with Crippen LogP contribution in [0.4, 0.5) is 0 Å². The zero-order chi connectivity index (χ0) is 44.9. The van der Waals surface area contributed by atoms with E-state index in [-0.39, 0.29) is 25.2 Å². The molecule has 0 rings (SSSR count). The van der Waals surface area contributed by atoms with Crippen LogP contribution in [0.5, 0.6) is 0 Å². The van der Waals surface area contributed by atoms with Crippen molar-refractivity contribution in [1.29, 1.82) is 0 Å². The Labute approximate surface area is 386 Å². The van der Waals surface area contributed by atoms with Crippen LogP contribution in [0.1, 0.15) is 278 Å². The van der Waals surface area contributed by atoms with Crippen molar-refractivity contribution < 1.29 is 23.8 Å². The van der Waals surface area contributed by atoms with Gasteiger partial charge in [0, 0.05) is 19.4 Å². The first kappa shape index (κ1) is 59.9. The molecule has 362 valence electrons. The minimum Gasteiger partial charge on any atom is -0.462 e. The average molecular weight is 869 g/mol. The quantitative estimate of drug-likeness (QED) is 0.0346. The molecule has 5 nitrogen and oxygen atoms in total. The SMILES string of the molecule is CCCCC/C=C\C/C=C\CCCCCCCCCCCCOCC(COC(=O)CCCCCCCCCCC/C=C\C/C=C\CCCCC)OC(=O)CCCCCCCCC. The molecule has 0 aromatic heterocycles. The fraction of sp³-hybridized carbons (Fsp3) is 0.825. The normalized spacial score (nSPS) is 12.5. The van der Waals surface area contributed by atoms with Crippen molar-refractivity contribution in [2.24, 2.45) is 0 Å². The van der Waals surface area contributed by atoms with Crippen molar-refractivity contribution in [3.05, 3.63) is 48.6 Å². The summed E-state index contributed by atoms with van der Waals surface area (Å²) in [7, 11) is 0. The molecule has 0 saturated carbocycles. The van der Waals surface area contributed by atoms with Crippen molar-refractivity contribution in [3.8, 4) is 0 Å². The van der Waals surface area contributed by atoms with Gasteiger partial charge in [-0.05, 0) is 83.5 Å². The summed E-state index contributed by atoms with van der Waals surface area (Å²) in [6, 6.07) is 0. The van der Waals surface area contributed by atoms with Crippen molar-refractivity contribution in [1.82, 2.24) is 0 Å². The molecular formula is C57H104O5. The molecule has 0 aliphatic carbocycles. The molecule has 62 heavy (non-hydrogen) atoms. The summed E-state index contributed by atoms with van der Waals surface area (Å²) >= 11 is 0. The molecule has 0 N–H and O–H groups in total. The number of hydrogen-bond donors (Lipinski definition) is 0. The number of hydrogen-bond acceptors (Lipinski definition) is 5. The number of allylic oxidation sites excluding steroid dienone is 8. The van der Waals surface area contributed by atoms with Crippen LogP contribution in [0.3, 0.4) is 0 Å². The van der Waals surface area contributed by atoms with Gasteiger partial charge in [-0.2, -0.15) is 0 Å². The van der Waals surface area contributed by atoms with E-state index < -0.39 is 6.10 Å². The van der Waals surface area contributed by atoms with E-state index in [1.807, 2.05) is 0 Å². The smallest absolute Gasteiger partial charge is 0.306 e. The molecule has 0 amide bonds. The molecular weight excluding hydrogens is 765 g/mol. The first-order valence-electron chi connectivity index (χ1n) is 27.2. The molecule has 0 heterocycles. The summed E-state index contributed by atoms with van der Waals surface area (Å²) in [4.78, 5) is 25.3. The van der Waals surface area contributed by atoms with Crippen molar-refractivity contribution in [2.75, 3.05) is 19.8 Å². The molecule has 0 fully saturated rings. The van der Waals surface area contributed by atoms with Gasteiger partial charge in [0.2, 0.25) is 0 Å². The van der Waals surface area contributed by atoms with Gasteiger partial charge in [-0.3, -0.25) is 9.59 Å². The van der Waals surface area contributed by atoms with Crippen LogP contribution in [-0.2, 0) is 23.8 Å². The lowest BCUT2D eigenvalue weighted by Gasteiger charge is -2.18. The molecule has 5 heteroatoms. The van der Waals surface area contributed by atoms with E-state index in [0.717, 1.165) is 51.4 Å². The number of carbonyl (C=O) groups excluding carboxylic acids is 2. The summed E-state index contributed by atoms with van der Waals surface area (Å²) in [5, 5.41) is 0. The molecule has 0 radical (unpaired) electrons. The Balaban J connectivity index is 4.07. The van der Waals surface area contributed by atoms with Gasteiger partial charge in [-0.15, -0.1) is 0 Å². The summed E-state index contributed by atoms with van der Waals surface area (Å²) in [5.41, 5.74) is 0. The Kier molecular flexibility index (Phi) is 51.4. The number of ether oxygens (including phenoxy) is 3. The third-order valence-electron chi connectivity index (χ3n) is 11.8. The zero-order valence-electron chi connectivity index (χ0n) is 41.6. The summed E-state index contributed by atoms with van der Waals surface area (Å²) < 4.78 is 17.4. The first-order valence-corrected chi connectivity index (χ1v) is 27.2. The minimum absolute atomic E-state index is 0.0844. The predicted octanol–water partition coefficient (Wildman–Crippen LogP) is 18.3. The fourth-order valence-electron chi connectivity index (χ4n) is 7.75. The minimum atomic E-state index is -0.535. The van der Waals surface area contributed by atoms with E-state index in [1.165, 1.54) is 193 Å². The molecule has 0 aromatic rings. The molecule has 1 unspecified atom stereocenters. The maximum Gasteiger partial charge on any atom is 0.306 e. The summed E-state index contributed by atoms with van der Waals surface area (Å²) in [6.07, 6.45) is 65.7. The van der Waals surface area contributed by atoms with Crippen molar-refractivity contribution in [2.45, 2.75) is 284 Å². The van der Waals surface area contributed by atoms with Gasteiger partial charge in [0.1, 0.15) is 6.61 Å². The second kappa shape index (κ2) is 53.2. The third kappa shape index (κ3) is 50.5. The van der Waals surface area contributed by atoms with Crippen LogP contribution in [0.15, 0.2) is 48.6 Å². The van der Waals surface area contributed by atoms with E-state index in [2.05, 4.69) is 69.4 Å². The molecule has 0 bridgehead atoms. The monoisotopic (exact) mass is 869 g/mol. The highest BCUT2D eigenvalue weighted by atomic mass is 16.6. The summed E-state index contributed by atoms with van der Waals surface area (Å²) in [5.74, 6) is -0.399. The Hall–Kier alpha value is -2.14. The van der Waals surface area contributed by atoms with Crippen LogP contribution in [0.25, 0.3) is 0 Å².